The summed E-state index contributed by atoms with van der Waals surface area (Å²) in [6, 6.07) is 0. The van der Waals surface area contributed by atoms with Crippen LogP contribution >= 0.6 is 0 Å². The van der Waals surface area contributed by atoms with Crippen LogP contribution in [0.25, 0.3) is 0 Å². The van der Waals surface area contributed by atoms with E-state index >= 15 is 0 Å². The lowest BCUT2D eigenvalue weighted by atomic mass is 10.0. The van der Waals surface area contributed by atoms with E-state index in [0.717, 1.165) is 0 Å². The highest BCUT2D eigenvalue weighted by molar-refractivity contribution is 4.94. The number of hydrogen-bond donors (Lipinski definition) is 0. The van der Waals surface area contributed by atoms with E-state index in [1.165, 1.54) is 0 Å². The summed E-state index contributed by atoms with van der Waals surface area (Å²) in [5.41, 5.74) is 0. The van der Waals surface area contributed by atoms with Crippen molar-refractivity contribution in [1.82, 2.24) is 0 Å². The van der Waals surface area contributed by atoms with E-state index in [4.69, 9.17) is 0 Å². The second-order valence-electron chi connectivity index (χ2n) is 2.68. The Morgan fingerprint density at radius 2 is 1.20 bits per heavy atom. The van der Waals surface area contributed by atoms with Crippen molar-refractivity contribution in [2.45, 2.75) is 24.2 Å². The zero-order chi connectivity index (χ0) is 12.5. The first-order valence-electron chi connectivity index (χ1n) is 3.34. The Balaban J connectivity index is 4.79. The molecule has 0 rings (SSSR count). The SMILES string of the molecule is FCC(F)(F)C(F)(F)CC(F)(F)[C](F)F. The minimum Gasteiger partial charge on any atom is -0.244 e. The maximum absolute atomic E-state index is 12.2. The van der Waals surface area contributed by atoms with Crippen molar-refractivity contribution in [2.24, 2.45) is 0 Å². The van der Waals surface area contributed by atoms with Crippen molar-refractivity contribution in [2.75, 3.05) is 6.67 Å². The molecule has 0 aromatic heterocycles. The van der Waals surface area contributed by atoms with Gasteiger partial charge < -0.3 is 0 Å². The van der Waals surface area contributed by atoms with Gasteiger partial charge in [-0.3, -0.25) is 0 Å². The van der Waals surface area contributed by atoms with Gasteiger partial charge in [0.25, 0.3) is 0 Å². The van der Waals surface area contributed by atoms with Crippen molar-refractivity contribution in [3.8, 4) is 0 Å². The lowest BCUT2D eigenvalue weighted by Gasteiger charge is -2.27. The Bertz CT molecular complexity index is 209. The summed E-state index contributed by atoms with van der Waals surface area (Å²) >= 11 is 0. The molecule has 91 valence electrons. The van der Waals surface area contributed by atoms with E-state index < -0.39 is 37.3 Å². The van der Waals surface area contributed by atoms with E-state index in [9.17, 15) is 39.5 Å². The Hall–Kier alpha value is -0.630. The zero-order valence-electron chi connectivity index (χ0n) is 6.82. The summed E-state index contributed by atoms with van der Waals surface area (Å²) in [6.07, 6.45) is -6.86. The molecular weight excluding hydrogens is 243 g/mol. The normalized spacial score (nSPS) is 14.8. The molecule has 0 fully saturated rings. The Labute approximate surface area is 78.1 Å². The second kappa shape index (κ2) is 4.09. The predicted molar refractivity (Wildman–Crippen MR) is 30.9 cm³/mol. The van der Waals surface area contributed by atoms with E-state index in [1.807, 2.05) is 0 Å². The smallest absolute Gasteiger partial charge is 0.244 e. The number of rotatable bonds is 5. The Morgan fingerprint density at radius 1 is 0.800 bits per heavy atom. The minimum absolute atomic E-state index is 2.91. The first-order valence-corrected chi connectivity index (χ1v) is 3.34. The van der Waals surface area contributed by atoms with Gasteiger partial charge in [0.2, 0.25) is 0 Å². The molecular formula is C6H4F9. The summed E-state index contributed by atoms with van der Waals surface area (Å²) in [5, 5.41) is 0. The van der Waals surface area contributed by atoms with Gasteiger partial charge in [-0.2, -0.15) is 35.1 Å². The van der Waals surface area contributed by atoms with Crippen LogP contribution in [0.5, 0.6) is 0 Å². The molecule has 0 aromatic carbocycles. The second-order valence-corrected chi connectivity index (χ2v) is 2.68. The molecule has 0 heterocycles. The highest BCUT2D eigenvalue weighted by atomic mass is 19.3. The van der Waals surface area contributed by atoms with E-state index in [2.05, 4.69) is 0 Å². The number of alkyl halides is 7. The van der Waals surface area contributed by atoms with Crippen molar-refractivity contribution in [1.29, 1.82) is 0 Å². The van der Waals surface area contributed by atoms with Crippen LogP contribution in [-0.4, -0.2) is 24.4 Å². The summed E-state index contributed by atoms with van der Waals surface area (Å²) in [4.78, 5) is 0. The molecule has 0 amide bonds. The minimum atomic E-state index is -5.55. The fourth-order valence-corrected chi connectivity index (χ4v) is 0.573. The third kappa shape index (κ3) is 3.16. The number of halogens is 9. The third-order valence-corrected chi connectivity index (χ3v) is 1.42. The Kier molecular flexibility index (Phi) is 3.92. The molecule has 0 nitrogen and oxygen atoms in total. The predicted octanol–water partition coefficient (Wildman–Crippen LogP) is 3.68. The molecule has 0 saturated heterocycles. The zero-order valence-corrected chi connectivity index (χ0v) is 6.82. The molecule has 0 bridgehead atoms. The van der Waals surface area contributed by atoms with Crippen molar-refractivity contribution >= 4 is 0 Å². The molecule has 0 saturated carbocycles. The average Bonchev–Trinajstić information content (AvgIpc) is 2.01. The van der Waals surface area contributed by atoms with Gasteiger partial charge in [0.1, 0.15) is 0 Å². The van der Waals surface area contributed by atoms with Crippen LogP contribution in [0, 0.1) is 6.43 Å². The first kappa shape index (κ1) is 14.4. The summed E-state index contributed by atoms with van der Waals surface area (Å²) in [5.74, 6) is -16.3. The molecule has 0 N–H and O–H groups in total. The molecule has 1 radical (unpaired) electrons. The standard InChI is InChI=1S/C6H4F9/c7-2-6(14,15)5(12,13)1-4(10,11)3(8)9/h1-2H2. The van der Waals surface area contributed by atoms with E-state index in [0.29, 0.717) is 0 Å². The van der Waals surface area contributed by atoms with Crippen molar-refractivity contribution in [3.05, 3.63) is 6.43 Å². The highest BCUT2D eigenvalue weighted by Crippen LogP contribution is 2.45. The van der Waals surface area contributed by atoms with Gasteiger partial charge in [-0.25, -0.2) is 4.39 Å². The molecule has 0 aliphatic rings. The molecule has 0 atom stereocenters. The van der Waals surface area contributed by atoms with Crippen molar-refractivity contribution in [3.63, 3.8) is 0 Å². The fourth-order valence-electron chi connectivity index (χ4n) is 0.573. The van der Waals surface area contributed by atoms with Crippen LogP contribution in [0.3, 0.4) is 0 Å². The monoisotopic (exact) mass is 247 g/mol. The lowest BCUT2D eigenvalue weighted by molar-refractivity contribution is -0.248. The quantitative estimate of drug-likeness (QED) is 0.650. The highest BCUT2D eigenvalue weighted by Gasteiger charge is 2.63. The first-order chi connectivity index (χ1) is 6.46. The molecule has 0 spiro atoms. The molecule has 0 aromatic rings. The fraction of sp³-hybridized carbons (Fsp3) is 0.833. The summed E-state index contributed by atoms with van der Waals surface area (Å²) in [7, 11) is 0. The molecule has 15 heavy (non-hydrogen) atoms. The molecule has 9 heteroatoms. The van der Waals surface area contributed by atoms with Gasteiger partial charge in [0, 0.05) is 0 Å². The molecule has 0 aliphatic carbocycles. The van der Waals surface area contributed by atoms with Gasteiger partial charge in [-0.15, -0.1) is 0 Å². The van der Waals surface area contributed by atoms with E-state index in [-0.39, 0.29) is 0 Å². The molecule has 0 unspecified atom stereocenters. The van der Waals surface area contributed by atoms with Crippen LogP contribution in [0.1, 0.15) is 6.42 Å². The van der Waals surface area contributed by atoms with Gasteiger partial charge >= 0.3 is 24.2 Å². The van der Waals surface area contributed by atoms with Crippen LogP contribution in [0.15, 0.2) is 0 Å². The van der Waals surface area contributed by atoms with Gasteiger partial charge in [-0.05, 0) is 0 Å². The lowest BCUT2D eigenvalue weighted by Crippen LogP contribution is -2.46. The third-order valence-electron chi connectivity index (χ3n) is 1.42. The van der Waals surface area contributed by atoms with Gasteiger partial charge in [0.05, 0.1) is 6.42 Å². The maximum Gasteiger partial charge on any atom is 0.378 e. The van der Waals surface area contributed by atoms with Crippen LogP contribution in [0.4, 0.5) is 39.5 Å². The number of hydrogen-bond acceptors (Lipinski definition) is 0. The van der Waals surface area contributed by atoms with Crippen LogP contribution in [0.2, 0.25) is 0 Å². The average molecular weight is 247 g/mol. The largest absolute Gasteiger partial charge is 0.378 e. The van der Waals surface area contributed by atoms with Crippen LogP contribution in [-0.2, 0) is 0 Å². The molecule has 0 aliphatic heterocycles. The summed E-state index contributed by atoms with van der Waals surface area (Å²) in [6.45, 7) is -2.91. The van der Waals surface area contributed by atoms with Gasteiger partial charge in [0.15, 0.2) is 6.67 Å². The summed E-state index contributed by atoms with van der Waals surface area (Å²) < 4.78 is 107. The van der Waals surface area contributed by atoms with E-state index in [1.54, 1.807) is 0 Å². The maximum atomic E-state index is 12.2. The van der Waals surface area contributed by atoms with Gasteiger partial charge in [-0.1, -0.05) is 0 Å². The Morgan fingerprint density at radius 3 is 1.47 bits per heavy atom. The van der Waals surface area contributed by atoms with Crippen molar-refractivity contribution < 1.29 is 39.5 Å². The van der Waals surface area contributed by atoms with Crippen LogP contribution < -0.4 is 0 Å². The topological polar surface area (TPSA) is 0 Å².